The summed E-state index contributed by atoms with van der Waals surface area (Å²) < 4.78 is 5.40. The van der Waals surface area contributed by atoms with E-state index in [4.69, 9.17) is 15.6 Å². The molecule has 13 heavy (non-hydrogen) atoms. The summed E-state index contributed by atoms with van der Waals surface area (Å²) in [7, 11) is 0. The van der Waals surface area contributed by atoms with Gasteiger partial charge in [-0.3, -0.25) is 4.79 Å². The van der Waals surface area contributed by atoms with Crippen LogP contribution in [0.1, 0.15) is 27.7 Å². The van der Waals surface area contributed by atoms with Gasteiger partial charge in [0.25, 0.3) is 0 Å². The lowest BCUT2D eigenvalue weighted by Crippen LogP contribution is -2.39. The van der Waals surface area contributed by atoms with E-state index in [1.165, 1.54) is 0 Å². The molecule has 4 nitrogen and oxygen atoms in total. The lowest BCUT2D eigenvalue weighted by Gasteiger charge is -2.28. The number of ether oxygens (including phenoxy) is 1. The van der Waals surface area contributed by atoms with Gasteiger partial charge in [0.05, 0.1) is 17.6 Å². The van der Waals surface area contributed by atoms with Gasteiger partial charge in [0.2, 0.25) is 0 Å². The second kappa shape index (κ2) is 4.07. The molecule has 0 aromatic heterocycles. The second-order valence-corrected chi connectivity index (χ2v) is 4.44. The molecule has 0 saturated heterocycles. The summed E-state index contributed by atoms with van der Waals surface area (Å²) in [6, 6.07) is 0. The monoisotopic (exact) mass is 189 g/mol. The van der Waals surface area contributed by atoms with Crippen LogP contribution in [0.4, 0.5) is 0 Å². The fraction of sp³-hybridized carbons (Fsp3) is 0.889. The van der Waals surface area contributed by atoms with Crippen molar-refractivity contribution in [2.24, 2.45) is 11.1 Å². The molecule has 0 aromatic rings. The Morgan fingerprint density at radius 3 is 2.15 bits per heavy atom. The second-order valence-electron chi connectivity index (χ2n) is 4.44. The maximum absolute atomic E-state index is 10.7. The molecule has 0 spiro atoms. The number of rotatable bonds is 5. The van der Waals surface area contributed by atoms with E-state index in [1.54, 1.807) is 13.8 Å². The minimum atomic E-state index is -0.861. The summed E-state index contributed by atoms with van der Waals surface area (Å²) in [5, 5.41) is 8.80. The Hall–Kier alpha value is -0.610. The van der Waals surface area contributed by atoms with E-state index in [0.29, 0.717) is 6.54 Å². The Balaban J connectivity index is 4.09. The molecule has 0 aliphatic carbocycles. The molecule has 0 aliphatic rings. The van der Waals surface area contributed by atoms with Crippen LogP contribution in [0.25, 0.3) is 0 Å². The van der Waals surface area contributed by atoms with Crippen LogP contribution >= 0.6 is 0 Å². The van der Waals surface area contributed by atoms with E-state index in [-0.39, 0.29) is 6.61 Å². The molecule has 0 rings (SSSR count). The van der Waals surface area contributed by atoms with Crippen molar-refractivity contribution >= 4 is 5.97 Å². The van der Waals surface area contributed by atoms with Crippen molar-refractivity contribution in [3.8, 4) is 0 Å². The van der Waals surface area contributed by atoms with E-state index in [0.717, 1.165) is 0 Å². The Kier molecular flexibility index (Phi) is 3.88. The quantitative estimate of drug-likeness (QED) is 0.672. The van der Waals surface area contributed by atoms with Crippen LogP contribution in [0.2, 0.25) is 0 Å². The molecule has 0 saturated carbocycles. The predicted molar refractivity (Wildman–Crippen MR) is 50.5 cm³/mol. The van der Waals surface area contributed by atoms with Crippen molar-refractivity contribution in [1.82, 2.24) is 0 Å². The number of nitrogens with two attached hydrogens (primary N) is 1. The topological polar surface area (TPSA) is 72.5 Å². The first-order valence-corrected chi connectivity index (χ1v) is 4.29. The molecule has 0 aliphatic heterocycles. The van der Waals surface area contributed by atoms with Crippen LogP contribution in [-0.2, 0) is 9.53 Å². The lowest BCUT2D eigenvalue weighted by molar-refractivity contribution is -0.153. The van der Waals surface area contributed by atoms with Crippen molar-refractivity contribution in [2.75, 3.05) is 13.2 Å². The minimum Gasteiger partial charge on any atom is -0.481 e. The number of aliphatic carboxylic acids is 1. The predicted octanol–water partition coefficient (Wildman–Crippen LogP) is 0.851. The summed E-state index contributed by atoms with van der Waals surface area (Å²) in [6.07, 6.45) is 0. The van der Waals surface area contributed by atoms with E-state index in [2.05, 4.69) is 0 Å². The standard InChI is InChI=1S/C9H19NO3/c1-8(2,7(11)12)6-13-9(3,4)5-10/h5-6,10H2,1-4H3,(H,11,12). The Morgan fingerprint density at radius 1 is 1.38 bits per heavy atom. The SMILES string of the molecule is CC(C)(CN)OCC(C)(C)C(=O)O. The van der Waals surface area contributed by atoms with E-state index in [1.807, 2.05) is 13.8 Å². The van der Waals surface area contributed by atoms with Crippen LogP contribution in [0.15, 0.2) is 0 Å². The van der Waals surface area contributed by atoms with Crippen LogP contribution in [-0.4, -0.2) is 29.8 Å². The van der Waals surface area contributed by atoms with Crippen molar-refractivity contribution in [3.63, 3.8) is 0 Å². The molecule has 0 radical (unpaired) electrons. The average Bonchev–Trinajstić information content (AvgIpc) is 2.01. The van der Waals surface area contributed by atoms with Gasteiger partial charge in [0.1, 0.15) is 0 Å². The first kappa shape index (κ1) is 12.4. The van der Waals surface area contributed by atoms with Crippen LogP contribution in [0.5, 0.6) is 0 Å². The van der Waals surface area contributed by atoms with Gasteiger partial charge in [-0.05, 0) is 27.7 Å². The highest BCUT2D eigenvalue weighted by Gasteiger charge is 2.30. The molecule has 78 valence electrons. The fourth-order valence-corrected chi connectivity index (χ4v) is 0.496. The highest BCUT2D eigenvalue weighted by atomic mass is 16.5. The molecule has 3 N–H and O–H groups in total. The normalized spacial score (nSPS) is 13.0. The molecule has 0 amide bonds. The van der Waals surface area contributed by atoms with Gasteiger partial charge in [-0.25, -0.2) is 0 Å². The van der Waals surface area contributed by atoms with E-state index >= 15 is 0 Å². The number of hydrogen-bond donors (Lipinski definition) is 2. The molecular weight excluding hydrogens is 170 g/mol. The largest absolute Gasteiger partial charge is 0.481 e. The Morgan fingerprint density at radius 2 is 1.85 bits per heavy atom. The number of carbonyl (C=O) groups is 1. The lowest BCUT2D eigenvalue weighted by atomic mass is 9.95. The molecule has 0 unspecified atom stereocenters. The Bertz CT molecular complexity index is 187. The van der Waals surface area contributed by atoms with E-state index < -0.39 is 17.0 Å². The summed E-state index contributed by atoms with van der Waals surface area (Å²) >= 11 is 0. The van der Waals surface area contributed by atoms with Crippen LogP contribution in [0, 0.1) is 5.41 Å². The molecule has 4 heteroatoms. The number of hydrogen-bond acceptors (Lipinski definition) is 3. The third-order valence-electron chi connectivity index (χ3n) is 1.89. The number of carboxylic acids is 1. The van der Waals surface area contributed by atoms with Gasteiger partial charge in [0.15, 0.2) is 0 Å². The zero-order chi connectivity index (χ0) is 10.7. The van der Waals surface area contributed by atoms with Gasteiger partial charge >= 0.3 is 5.97 Å². The maximum Gasteiger partial charge on any atom is 0.311 e. The average molecular weight is 189 g/mol. The van der Waals surface area contributed by atoms with Crippen LogP contribution < -0.4 is 5.73 Å². The fourth-order valence-electron chi connectivity index (χ4n) is 0.496. The first-order chi connectivity index (χ1) is 5.71. The molecule has 0 atom stereocenters. The van der Waals surface area contributed by atoms with Gasteiger partial charge in [-0.1, -0.05) is 0 Å². The molecule has 0 heterocycles. The van der Waals surface area contributed by atoms with Crippen molar-refractivity contribution < 1.29 is 14.6 Å². The molecule has 0 aromatic carbocycles. The number of carboxylic acid groups (broad SMARTS) is 1. The zero-order valence-corrected chi connectivity index (χ0v) is 8.76. The minimum absolute atomic E-state index is 0.173. The van der Waals surface area contributed by atoms with Crippen LogP contribution in [0.3, 0.4) is 0 Å². The highest BCUT2D eigenvalue weighted by Crippen LogP contribution is 2.19. The third-order valence-corrected chi connectivity index (χ3v) is 1.89. The zero-order valence-electron chi connectivity index (χ0n) is 8.76. The Labute approximate surface area is 79.1 Å². The third kappa shape index (κ3) is 4.24. The van der Waals surface area contributed by atoms with Gasteiger partial charge < -0.3 is 15.6 Å². The summed E-state index contributed by atoms with van der Waals surface area (Å²) in [6.45, 7) is 7.48. The van der Waals surface area contributed by atoms with Crippen molar-refractivity contribution in [2.45, 2.75) is 33.3 Å². The van der Waals surface area contributed by atoms with Gasteiger partial charge in [-0.2, -0.15) is 0 Å². The summed E-state index contributed by atoms with van der Waals surface area (Å²) in [5.41, 5.74) is 4.13. The molecule has 0 bridgehead atoms. The molecule has 0 fully saturated rings. The summed E-state index contributed by atoms with van der Waals surface area (Å²) in [5.74, 6) is -0.861. The summed E-state index contributed by atoms with van der Waals surface area (Å²) in [4.78, 5) is 10.7. The molecular formula is C9H19NO3. The van der Waals surface area contributed by atoms with Crippen molar-refractivity contribution in [3.05, 3.63) is 0 Å². The maximum atomic E-state index is 10.7. The van der Waals surface area contributed by atoms with Gasteiger partial charge in [0, 0.05) is 6.54 Å². The first-order valence-electron chi connectivity index (χ1n) is 4.29. The van der Waals surface area contributed by atoms with Gasteiger partial charge in [-0.15, -0.1) is 0 Å². The van der Waals surface area contributed by atoms with Crippen molar-refractivity contribution in [1.29, 1.82) is 0 Å². The smallest absolute Gasteiger partial charge is 0.311 e. The van der Waals surface area contributed by atoms with E-state index in [9.17, 15) is 4.79 Å². The highest BCUT2D eigenvalue weighted by molar-refractivity contribution is 5.73.